The van der Waals surface area contributed by atoms with Gasteiger partial charge in [-0.15, -0.1) is 0 Å². The Morgan fingerprint density at radius 1 is 1.27 bits per heavy atom. The number of hydrazone groups is 1. The molecule has 2 aromatic heterocycles. The Morgan fingerprint density at radius 3 is 2.53 bits per heavy atom. The fraction of sp³-hybridized carbons (Fsp3) is 0.316. The number of aromatic amines is 1. The quantitative estimate of drug-likeness (QED) is 0.489. The molecule has 1 amide bonds. The molecule has 2 N–H and O–H groups in total. The molecule has 0 aliphatic rings. The van der Waals surface area contributed by atoms with Gasteiger partial charge in [0.25, 0.3) is 17.2 Å². The molecule has 11 heteroatoms. The molecule has 0 bridgehead atoms. The molecule has 0 atom stereocenters. The van der Waals surface area contributed by atoms with Gasteiger partial charge in [-0.2, -0.15) is 27.8 Å². The second kappa shape index (κ2) is 8.09. The first-order valence-corrected chi connectivity index (χ1v) is 9.05. The number of carbonyl (C=O) groups is 1. The summed E-state index contributed by atoms with van der Waals surface area (Å²) in [5.74, 6) is -2.26. The van der Waals surface area contributed by atoms with Gasteiger partial charge in [0, 0.05) is 6.20 Å². The second-order valence-corrected chi connectivity index (χ2v) is 7.12. The number of H-pyrrole nitrogens is 1. The Hall–Kier alpha value is -3.50. The highest BCUT2D eigenvalue weighted by molar-refractivity contribution is 6.00. The molecule has 0 saturated carbocycles. The zero-order valence-corrected chi connectivity index (χ0v) is 16.4. The standard InChI is InChI=1S/C19H19F3N6O2/c1-10(2)8-12-4-6-13(7-5-12)11(3)25-26-15(29)14-9-23-18-24-17(19(20,21)22)27-28(18)16(14)30/h4-7,9-10H,8H2,1-3H3,(H,26,29)(H,23,24,27)/b25-11+. The van der Waals surface area contributed by atoms with Crippen LogP contribution in [-0.2, 0) is 12.6 Å². The minimum absolute atomic E-state index is 0.460. The van der Waals surface area contributed by atoms with Crippen molar-refractivity contribution in [3.63, 3.8) is 0 Å². The molecule has 3 rings (SSSR count). The summed E-state index contributed by atoms with van der Waals surface area (Å²) in [4.78, 5) is 31.4. The van der Waals surface area contributed by atoms with Crippen LogP contribution in [-0.4, -0.2) is 31.2 Å². The van der Waals surface area contributed by atoms with Gasteiger partial charge < -0.3 is 0 Å². The smallest absolute Gasteiger partial charge is 0.267 e. The lowest BCUT2D eigenvalue weighted by molar-refractivity contribution is -0.144. The molecule has 0 aliphatic carbocycles. The number of halogens is 3. The Balaban J connectivity index is 1.79. The van der Waals surface area contributed by atoms with Gasteiger partial charge >= 0.3 is 6.18 Å². The average molecular weight is 420 g/mol. The van der Waals surface area contributed by atoms with Gasteiger partial charge in [0.15, 0.2) is 0 Å². The van der Waals surface area contributed by atoms with Crippen molar-refractivity contribution < 1.29 is 18.0 Å². The predicted octanol–water partition coefficient (Wildman–Crippen LogP) is 2.79. The van der Waals surface area contributed by atoms with Crippen molar-refractivity contribution in [2.45, 2.75) is 33.4 Å². The van der Waals surface area contributed by atoms with E-state index in [2.05, 4.69) is 34.3 Å². The van der Waals surface area contributed by atoms with Crippen molar-refractivity contribution >= 4 is 17.4 Å². The molecule has 30 heavy (non-hydrogen) atoms. The van der Waals surface area contributed by atoms with Gasteiger partial charge in [0.1, 0.15) is 5.56 Å². The highest BCUT2D eigenvalue weighted by atomic mass is 19.4. The van der Waals surface area contributed by atoms with Crippen molar-refractivity contribution in [2.24, 2.45) is 11.0 Å². The largest absolute Gasteiger partial charge is 0.451 e. The topological polar surface area (TPSA) is 105 Å². The van der Waals surface area contributed by atoms with Crippen LogP contribution in [0.15, 0.2) is 40.4 Å². The zero-order chi connectivity index (χ0) is 22.1. The number of hydrogen-bond donors (Lipinski definition) is 2. The summed E-state index contributed by atoms with van der Waals surface area (Å²) in [6.45, 7) is 5.92. The minimum atomic E-state index is -4.78. The van der Waals surface area contributed by atoms with Crippen LogP contribution in [0.1, 0.15) is 48.1 Å². The fourth-order valence-electron chi connectivity index (χ4n) is 2.75. The van der Waals surface area contributed by atoms with Crippen LogP contribution in [0, 0.1) is 5.92 Å². The molecule has 0 aliphatic heterocycles. The van der Waals surface area contributed by atoms with Gasteiger partial charge in [-0.3, -0.25) is 14.7 Å². The Labute approximate surface area is 168 Å². The predicted molar refractivity (Wildman–Crippen MR) is 103 cm³/mol. The van der Waals surface area contributed by atoms with Gasteiger partial charge in [-0.25, -0.2) is 10.4 Å². The van der Waals surface area contributed by atoms with Crippen LogP contribution in [0.5, 0.6) is 0 Å². The highest BCUT2D eigenvalue weighted by Gasteiger charge is 2.35. The number of hydrogen-bond acceptors (Lipinski definition) is 5. The third kappa shape index (κ3) is 4.56. The number of alkyl halides is 3. The van der Waals surface area contributed by atoms with E-state index in [9.17, 15) is 22.8 Å². The zero-order valence-electron chi connectivity index (χ0n) is 16.4. The van der Waals surface area contributed by atoms with Crippen molar-refractivity contribution in [3.05, 3.63) is 63.3 Å². The van der Waals surface area contributed by atoms with Crippen LogP contribution in [0.3, 0.4) is 0 Å². The molecule has 0 radical (unpaired) electrons. The molecule has 1 aromatic carbocycles. The summed E-state index contributed by atoms with van der Waals surface area (Å²) < 4.78 is 38.7. The van der Waals surface area contributed by atoms with Crippen molar-refractivity contribution in [2.75, 3.05) is 0 Å². The van der Waals surface area contributed by atoms with Crippen LogP contribution in [0.2, 0.25) is 0 Å². The number of rotatable bonds is 5. The van der Waals surface area contributed by atoms with E-state index in [4.69, 9.17) is 0 Å². The van der Waals surface area contributed by atoms with Crippen molar-refractivity contribution in [3.8, 4) is 0 Å². The molecular weight excluding hydrogens is 401 g/mol. The summed E-state index contributed by atoms with van der Waals surface area (Å²) in [6.07, 6.45) is -2.98. The first kappa shape index (κ1) is 21.2. The third-order valence-electron chi connectivity index (χ3n) is 4.23. The maximum absolute atomic E-state index is 12.7. The normalized spacial score (nSPS) is 12.6. The first-order valence-electron chi connectivity index (χ1n) is 9.05. The van der Waals surface area contributed by atoms with E-state index < -0.39 is 34.8 Å². The first-order chi connectivity index (χ1) is 14.1. The molecular formula is C19H19F3N6O2. The number of nitrogens with zero attached hydrogens (tertiary/aromatic N) is 4. The van der Waals surface area contributed by atoms with E-state index in [1.165, 1.54) is 5.56 Å². The van der Waals surface area contributed by atoms with Crippen molar-refractivity contribution in [1.29, 1.82) is 0 Å². The van der Waals surface area contributed by atoms with E-state index in [0.717, 1.165) is 18.2 Å². The SMILES string of the molecule is C/C(=N\NC(=O)c1cnc2nc(C(F)(F)F)[nH]n2c1=O)c1ccc(CC(C)C)cc1. The summed E-state index contributed by atoms with van der Waals surface area (Å²) >= 11 is 0. The molecule has 3 aromatic rings. The Morgan fingerprint density at radius 2 is 1.93 bits per heavy atom. The summed E-state index contributed by atoms with van der Waals surface area (Å²) in [5.41, 5.74) is 3.17. The van der Waals surface area contributed by atoms with Crippen LogP contribution in [0.25, 0.3) is 5.78 Å². The monoisotopic (exact) mass is 420 g/mol. The number of aromatic nitrogens is 4. The van der Waals surface area contributed by atoms with Gasteiger partial charge in [-0.05, 0) is 30.4 Å². The van der Waals surface area contributed by atoms with E-state index in [-0.39, 0.29) is 0 Å². The number of amides is 1. The molecule has 0 saturated heterocycles. The summed E-state index contributed by atoms with van der Waals surface area (Å²) in [6, 6.07) is 7.68. The lowest BCUT2D eigenvalue weighted by Crippen LogP contribution is -2.30. The Kier molecular flexibility index (Phi) is 5.72. The van der Waals surface area contributed by atoms with E-state index in [1.54, 1.807) is 12.0 Å². The number of fused-ring (bicyclic) bond motifs is 1. The molecule has 2 heterocycles. The second-order valence-electron chi connectivity index (χ2n) is 7.12. The average Bonchev–Trinajstić information content (AvgIpc) is 3.12. The molecule has 8 nitrogen and oxygen atoms in total. The van der Waals surface area contributed by atoms with Gasteiger partial charge in [0.2, 0.25) is 5.82 Å². The van der Waals surface area contributed by atoms with E-state index >= 15 is 0 Å². The number of carbonyl (C=O) groups excluding carboxylic acids is 1. The van der Waals surface area contributed by atoms with E-state index in [0.29, 0.717) is 16.1 Å². The van der Waals surface area contributed by atoms with Crippen LogP contribution >= 0.6 is 0 Å². The summed E-state index contributed by atoms with van der Waals surface area (Å²) in [7, 11) is 0. The van der Waals surface area contributed by atoms with Crippen LogP contribution in [0.4, 0.5) is 13.2 Å². The molecule has 0 fully saturated rings. The third-order valence-corrected chi connectivity index (χ3v) is 4.23. The lowest BCUT2D eigenvalue weighted by Gasteiger charge is -2.07. The number of nitrogens with one attached hydrogen (secondary N) is 2. The molecule has 158 valence electrons. The maximum Gasteiger partial charge on any atom is 0.451 e. The molecule has 0 unspecified atom stereocenters. The summed E-state index contributed by atoms with van der Waals surface area (Å²) in [5, 5.41) is 5.76. The fourth-order valence-corrected chi connectivity index (χ4v) is 2.75. The van der Waals surface area contributed by atoms with Crippen molar-refractivity contribution in [1.82, 2.24) is 25.0 Å². The van der Waals surface area contributed by atoms with Gasteiger partial charge in [-0.1, -0.05) is 38.1 Å². The molecule has 0 spiro atoms. The van der Waals surface area contributed by atoms with E-state index in [1.807, 2.05) is 24.3 Å². The van der Waals surface area contributed by atoms with Gasteiger partial charge in [0.05, 0.1) is 5.71 Å². The minimum Gasteiger partial charge on any atom is -0.267 e. The number of benzene rings is 1. The van der Waals surface area contributed by atoms with Crippen LogP contribution < -0.4 is 11.0 Å². The Bertz CT molecular complexity index is 1160. The maximum atomic E-state index is 12.7. The highest BCUT2D eigenvalue weighted by Crippen LogP contribution is 2.25. The lowest BCUT2D eigenvalue weighted by atomic mass is 10.0.